The zero-order valence-corrected chi connectivity index (χ0v) is 5.60. The van der Waals surface area contributed by atoms with Gasteiger partial charge in [-0.15, -0.1) is 3.89 Å². The van der Waals surface area contributed by atoms with Crippen molar-refractivity contribution in [1.82, 2.24) is 4.72 Å². The minimum atomic E-state index is -0.112. The van der Waals surface area contributed by atoms with Crippen LogP contribution in [0.1, 0.15) is 20.8 Å². The van der Waals surface area contributed by atoms with Gasteiger partial charge in [0.2, 0.25) is 0 Å². The van der Waals surface area contributed by atoms with Gasteiger partial charge in [-0.2, -0.15) is 0 Å². The first-order valence-electron chi connectivity index (χ1n) is 2.11. The van der Waals surface area contributed by atoms with E-state index in [0.29, 0.717) is 0 Å². The highest BCUT2D eigenvalue weighted by Crippen LogP contribution is 2.05. The molecular weight excluding hydrogens is 113 g/mol. The quantitative estimate of drug-likeness (QED) is 0.534. The van der Waals surface area contributed by atoms with Crippen LogP contribution in [0, 0.1) is 0 Å². The normalized spacial score (nSPS) is 12.0. The topological polar surface area (TPSA) is 12.0 Å². The lowest BCUT2D eigenvalue weighted by Crippen LogP contribution is -2.28. The van der Waals surface area contributed by atoms with Gasteiger partial charge < -0.3 is 0 Å². The Balaban J connectivity index is 3.15. The molecule has 0 aromatic heterocycles. The van der Waals surface area contributed by atoms with E-state index in [1.165, 1.54) is 0 Å². The Labute approximate surface area is 48.1 Å². The Morgan fingerprint density at radius 3 is 1.86 bits per heavy atom. The zero-order chi connectivity index (χ0) is 5.91. The van der Waals surface area contributed by atoms with Gasteiger partial charge in [0.1, 0.15) is 12.3 Å². The van der Waals surface area contributed by atoms with Crippen molar-refractivity contribution in [2.75, 3.05) is 0 Å². The van der Waals surface area contributed by atoms with E-state index in [1.54, 1.807) is 0 Å². The van der Waals surface area contributed by atoms with Crippen LogP contribution in [-0.4, -0.2) is 5.54 Å². The smallest absolute Gasteiger partial charge is 0.131 e. The average Bonchev–Trinajstić information content (AvgIpc) is 1.30. The van der Waals surface area contributed by atoms with E-state index in [2.05, 4.69) is 4.72 Å². The van der Waals surface area contributed by atoms with E-state index < -0.39 is 0 Å². The molecule has 0 heterocycles. The molecule has 0 radical (unpaired) electrons. The maximum absolute atomic E-state index is 11.3. The molecule has 7 heavy (non-hydrogen) atoms. The van der Waals surface area contributed by atoms with E-state index in [1.807, 2.05) is 20.8 Å². The van der Waals surface area contributed by atoms with E-state index in [9.17, 15) is 3.89 Å². The second-order valence-corrected chi connectivity index (χ2v) is 2.79. The third-order valence-electron chi connectivity index (χ3n) is 0.345. The molecule has 0 amide bonds. The average molecular weight is 123 g/mol. The molecular formula is C4H10FNS. The third-order valence-corrected chi connectivity index (χ3v) is 1.03. The van der Waals surface area contributed by atoms with Crippen LogP contribution in [0.25, 0.3) is 0 Å². The summed E-state index contributed by atoms with van der Waals surface area (Å²) in [6, 6.07) is 0. The Bertz CT molecular complexity index is 50.1. The summed E-state index contributed by atoms with van der Waals surface area (Å²) in [6.07, 6.45) is 0. The molecule has 3 heteroatoms. The van der Waals surface area contributed by atoms with Crippen LogP contribution in [0.5, 0.6) is 0 Å². The molecule has 0 atom stereocenters. The van der Waals surface area contributed by atoms with Crippen LogP contribution in [0.2, 0.25) is 0 Å². The fraction of sp³-hybridized carbons (Fsp3) is 1.00. The van der Waals surface area contributed by atoms with Gasteiger partial charge in [-0.3, -0.25) is 0 Å². The lowest BCUT2D eigenvalue weighted by atomic mass is 10.1. The summed E-state index contributed by atoms with van der Waals surface area (Å²) in [6.45, 7) is 5.71. The summed E-state index contributed by atoms with van der Waals surface area (Å²) in [5.41, 5.74) is -0.112. The molecule has 0 unspecified atom stereocenters. The molecule has 0 saturated carbocycles. The Morgan fingerprint density at radius 2 is 1.86 bits per heavy atom. The van der Waals surface area contributed by atoms with Crippen molar-refractivity contribution in [1.29, 1.82) is 0 Å². The molecule has 1 N–H and O–H groups in total. The van der Waals surface area contributed by atoms with Gasteiger partial charge >= 0.3 is 0 Å². The third kappa shape index (κ3) is 6.24. The minimum absolute atomic E-state index is 0.112. The summed E-state index contributed by atoms with van der Waals surface area (Å²) in [4.78, 5) is 0. The van der Waals surface area contributed by atoms with Crippen molar-refractivity contribution in [3.05, 3.63) is 0 Å². The second-order valence-electron chi connectivity index (χ2n) is 2.43. The molecule has 1 nitrogen and oxygen atoms in total. The minimum Gasteiger partial charge on any atom is -0.230 e. The lowest BCUT2D eigenvalue weighted by molar-refractivity contribution is 0.529. The predicted octanol–water partition coefficient (Wildman–Crippen LogP) is 1.91. The van der Waals surface area contributed by atoms with Gasteiger partial charge in [0, 0.05) is 5.54 Å². The van der Waals surface area contributed by atoms with Crippen molar-refractivity contribution >= 4 is 12.3 Å². The molecule has 44 valence electrons. The van der Waals surface area contributed by atoms with E-state index >= 15 is 0 Å². The number of halogens is 1. The van der Waals surface area contributed by atoms with Crippen molar-refractivity contribution in [2.24, 2.45) is 0 Å². The van der Waals surface area contributed by atoms with Crippen molar-refractivity contribution in [3.63, 3.8) is 0 Å². The summed E-state index contributed by atoms with van der Waals surface area (Å²) >= 11 is 0.159. The predicted molar refractivity (Wildman–Crippen MR) is 31.6 cm³/mol. The Hall–Kier alpha value is 0.240. The number of rotatable bonds is 1. The Kier molecular flexibility index (Phi) is 2.61. The van der Waals surface area contributed by atoms with Gasteiger partial charge in [-0.05, 0) is 20.8 Å². The van der Waals surface area contributed by atoms with Gasteiger partial charge in [0.15, 0.2) is 0 Å². The standard InChI is InChI=1S/C4H10FNS/c1-4(2,3)6-7-5/h6H,1-3H3. The summed E-state index contributed by atoms with van der Waals surface area (Å²) in [7, 11) is 0. The fourth-order valence-corrected chi connectivity index (χ4v) is 0.347. The van der Waals surface area contributed by atoms with Crippen LogP contribution in [0.3, 0.4) is 0 Å². The molecule has 0 aliphatic rings. The molecule has 0 aromatic carbocycles. The van der Waals surface area contributed by atoms with Crippen LogP contribution in [0.15, 0.2) is 0 Å². The van der Waals surface area contributed by atoms with Gasteiger partial charge in [0.05, 0.1) is 0 Å². The van der Waals surface area contributed by atoms with Crippen LogP contribution in [0.4, 0.5) is 3.89 Å². The molecule has 0 aliphatic carbocycles. The van der Waals surface area contributed by atoms with Crippen LogP contribution < -0.4 is 4.72 Å². The highest BCUT2D eigenvalue weighted by molar-refractivity contribution is 7.92. The number of hydrogen-bond donors (Lipinski definition) is 1. The molecule has 0 bridgehead atoms. The van der Waals surface area contributed by atoms with Gasteiger partial charge in [-0.25, -0.2) is 4.72 Å². The van der Waals surface area contributed by atoms with E-state index in [4.69, 9.17) is 0 Å². The van der Waals surface area contributed by atoms with Crippen molar-refractivity contribution < 1.29 is 3.89 Å². The maximum Gasteiger partial charge on any atom is 0.131 e. The molecule has 0 saturated heterocycles. The van der Waals surface area contributed by atoms with Crippen LogP contribution >= 0.6 is 12.3 Å². The number of nitrogens with one attached hydrogen (secondary N) is 1. The lowest BCUT2D eigenvalue weighted by Gasteiger charge is -2.14. The zero-order valence-electron chi connectivity index (χ0n) is 4.79. The summed E-state index contributed by atoms with van der Waals surface area (Å²) < 4.78 is 13.8. The van der Waals surface area contributed by atoms with E-state index in [0.717, 1.165) is 0 Å². The SMILES string of the molecule is CC(C)(C)NSF. The first-order valence-corrected chi connectivity index (χ1v) is 2.83. The summed E-state index contributed by atoms with van der Waals surface area (Å²) in [5, 5.41) is 0. The first kappa shape index (κ1) is 7.24. The van der Waals surface area contributed by atoms with Gasteiger partial charge in [0.25, 0.3) is 0 Å². The highest BCUT2D eigenvalue weighted by atomic mass is 32.2. The maximum atomic E-state index is 11.3. The molecule has 0 rings (SSSR count). The van der Waals surface area contributed by atoms with Gasteiger partial charge in [-0.1, -0.05) is 0 Å². The van der Waals surface area contributed by atoms with Crippen molar-refractivity contribution in [3.8, 4) is 0 Å². The highest BCUT2D eigenvalue weighted by Gasteiger charge is 2.07. The molecule has 0 spiro atoms. The fourth-order valence-electron chi connectivity index (χ4n) is 0.116. The first-order chi connectivity index (χ1) is 3.06. The van der Waals surface area contributed by atoms with E-state index in [-0.39, 0.29) is 17.9 Å². The van der Waals surface area contributed by atoms with Crippen LogP contribution in [-0.2, 0) is 0 Å². The molecule has 0 aromatic rings. The number of hydrogen-bond acceptors (Lipinski definition) is 2. The molecule has 0 aliphatic heterocycles. The van der Waals surface area contributed by atoms with Crippen molar-refractivity contribution in [2.45, 2.75) is 26.3 Å². The molecule has 0 fully saturated rings. The summed E-state index contributed by atoms with van der Waals surface area (Å²) in [5.74, 6) is 0. The monoisotopic (exact) mass is 123 g/mol. The Morgan fingerprint density at radius 1 is 1.43 bits per heavy atom. The largest absolute Gasteiger partial charge is 0.230 e. The second kappa shape index (κ2) is 2.52.